The Morgan fingerprint density at radius 1 is 0.938 bits per heavy atom. The number of rotatable bonds is 8. The highest BCUT2D eigenvalue weighted by Crippen LogP contribution is 2.62. The van der Waals surface area contributed by atoms with Gasteiger partial charge in [-0.3, -0.25) is 9.59 Å². The smallest absolute Gasteiger partial charge is 0.264 e. The van der Waals surface area contributed by atoms with Gasteiger partial charge in [0.2, 0.25) is 0 Å². The van der Waals surface area contributed by atoms with Gasteiger partial charge in [-0.05, 0) is 70.7 Å². The molecule has 0 fully saturated rings. The van der Waals surface area contributed by atoms with Crippen LogP contribution in [-0.4, -0.2) is 36.0 Å². The van der Waals surface area contributed by atoms with Crippen LogP contribution >= 0.6 is 7.26 Å². The van der Waals surface area contributed by atoms with Crippen LogP contribution in [0.1, 0.15) is 43.0 Å². The SMILES string of the molecule is [C-]#[N+]c1cc(C)c(NC(=O)C(C)[P+](CC)(CC)CC(=O)Nc2c(C)cccc2C)c(C)c1. The van der Waals surface area contributed by atoms with Crippen LogP contribution in [-0.2, 0) is 9.59 Å². The number of hydrogen-bond donors (Lipinski definition) is 2. The second-order valence-corrected chi connectivity index (χ2v) is 13.3. The summed E-state index contributed by atoms with van der Waals surface area (Å²) in [5.41, 5.74) is 5.77. The van der Waals surface area contributed by atoms with Crippen molar-refractivity contribution in [2.75, 3.05) is 29.1 Å². The summed E-state index contributed by atoms with van der Waals surface area (Å²) in [7, 11) is -1.88. The first-order chi connectivity index (χ1) is 15.1. The molecule has 2 N–H and O–H groups in total. The number of carbonyl (C=O) groups excluding carboxylic acids is 2. The van der Waals surface area contributed by atoms with Crippen molar-refractivity contribution < 1.29 is 9.59 Å². The molecule has 5 nitrogen and oxygen atoms in total. The Kier molecular flexibility index (Phi) is 8.58. The molecule has 2 aromatic carbocycles. The first-order valence-electron chi connectivity index (χ1n) is 11.1. The third-order valence-electron chi connectivity index (χ3n) is 6.56. The van der Waals surface area contributed by atoms with Crippen molar-refractivity contribution in [3.63, 3.8) is 0 Å². The highest BCUT2D eigenvalue weighted by Gasteiger charge is 2.46. The second kappa shape index (κ2) is 10.7. The average Bonchev–Trinajstić information content (AvgIpc) is 2.76. The first-order valence-corrected chi connectivity index (χ1v) is 13.5. The van der Waals surface area contributed by atoms with E-state index in [1.165, 1.54) is 0 Å². The number of aryl methyl sites for hydroxylation is 4. The molecule has 0 aromatic heterocycles. The normalized spacial score (nSPS) is 12.1. The quantitative estimate of drug-likeness (QED) is 0.355. The van der Waals surface area contributed by atoms with Gasteiger partial charge in [0.15, 0.2) is 5.69 Å². The molecule has 0 radical (unpaired) electrons. The lowest BCUT2D eigenvalue weighted by Gasteiger charge is -2.30. The van der Waals surface area contributed by atoms with Crippen molar-refractivity contribution in [3.05, 3.63) is 64.0 Å². The molecule has 6 heteroatoms. The number of nitrogens with zero attached hydrogens (tertiary/aromatic N) is 1. The fraction of sp³-hybridized carbons (Fsp3) is 0.423. The molecule has 0 aliphatic rings. The van der Waals surface area contributed by atoms with E-state index in [-0.39, 0.29) is 17.5 Å². The van der Waals surface area contributed by atoms with Gasteiger partial charge in [-0.2, -0.15) is 0 Å². The Balaban J connectivity index is 2.23. The summed E-state index contributed by atoms with van der Waals surface area (Å²) in [5.74, 6) is -0.0727. The molecular formula is C26H35N3O2P+. The van der Waals surface area contributed by atoms with E-state index in [4.69, 9.17) is 6.57 Å². The molecule has 0 saturated carbocycles. The van der Waals surface area contributed by atoms with E-state index < -0.39 is 7.26 Å². The first kappa shape index (κ1) is 25.6. The van der Waals surface area contributed by atoms with Gasteiger partial charge in [-0.25, -0.2) is 4.85 Å². The van der Waals surface area contributed by atoms with E-state index >= 15 is 0 Å². The van der Waals surface area contributed by atoms with E-state index in [9.17, 15) is 9.59 Å². The monoisotopic (exact) mass is 452 g/mol. The predicted molar refractivity (Wildman–Crippen MR) is 138 cm³/mol. The number of nitrogens with one attached hydrogen (secondary N) is 2. The Labute approximate surface area is 193 Å². The zero-order valence-electron chi connectivity index (χ0n) is 20.3. The third-order valence-corrected chi connectivity index (χ3v) is 11.9. The van der Waals surface area contributed by atoms with Gasteiger partial charge in [0, 0.05) is 18.6 Å². The molecule has 32 heavy (non-hydrogen) atoms. The molecule has 2 rings (SSSR count). The second-order valence-electron chi connectivity index (χ2n) is 8.56. The molecule has 1 unspecified atom stereocenters. The minimum Gasteiger partial charge on any atom is -0.322 e. The molecule has 0 saturated heterocycles. The molecule has 0 aliphatic heterocycles. The Hall–Kier alpha value is -2.70. The van der Waals surface area contributed by atoms with Gasteiger partial charge < -0.3 is 10.6 Å². The average molecular weight is 453 g/mol. The van der Waals surface area contributed by atoms with Gasteiger partial charge in [0.1, 0.15) is 11.8 Å². The van der Waals surface area contributed by atoms with Crippen LogP contribution in [0, 0.1) is 34.3 Å². The maximum absolute atomic E-state index is 13.3. The van der Waals surface area contributed by atoms with Crippen molar-refractivity contribution in [3.8, 4) is 0 Å². The molecule has 2 amide bonds. The highest BCUT2D eigenvalue weighted by molar-refractivity contribution is 7.78. The number of anilines is 2. The lowest BCUT2D eigenvalue weighted by Crippen LogP contribution is -2.34. The Morgan fingerprint density at radius 2 is 1.44 bits per heavy atom. The largest absolute Gasteiger partial charge is 0.322 e. The number of benzene rings is 2. The molecule has 0 spiro atoms. The summed E-state index contributed by atoms with van der Waals surface area (Å²) in [6, 6.07) is 9.55. The van der Waals surface area contributed by atoms with Crippen molar-refractivity contribution in [2.24, 2.45) is 0 Å². The summed E-state index contributed by atoms with van der Waals surface area (Å²) in [5, 5.41) is 6.20. The fourth-order valence-corrected chi connectivity index (χ4v) is 7.76. The molecule has 2 aromatic rings. The Morgan fingerprint density at radius 3 is 1.91 bits per heavy atom. The maximum atomic E-state index is 13.3. The molecule has 1 atom stereocenters. The van der Waals surface area contributed by atoms with Crippen molar-refractivity contribution in [2.45, 2.75) is 54.1 Å². The zero-order chi connectivity index (χ0) is 24.1. The van der Waals surface area contributed by atoms with Crippen LogP contribution < -0.4 is 10.6 Å². The third kappa shape index (κ3) is 5.56. The summed E-state index contributed by atoms with van der Waals surface area (Å²) in [6.45, 7) is 21.2. The van der Waals surface area contributed by atoms with Crippen molar-refractivity contribution in [1.29, 1.82) is 0 Å². The molecule has 0 aliphatic carbocycles. The lowest BCUT2D eigenvalue weighted by atomic mass is 10.1. The Bertz CT molecular complexity index is 1010. The van der Waals surface area contributed by atoms with Gasteiger partial charge in [-0.15, -0.1) is 0 Å². The van der Waals surface area contributed by atoms with Gasteiger partial charge in [-0.1, -0.05) is 30.3 Å². The van der Waals surface area contributed by atoms with Crippen LogP contribution in [0.4, 0.5) is 17.1 Å². The van der Waals surface area contributed by atoms with E-state index in [1.807, 2.05) is 52.8 Å². The standard InChI is InChI=1S/C26H34N3O2P/c1-9-32(10-2,16-23(30)28-24-17(3)12-11-13-18(24)4)21(7)26(31)29-25-19(5)14-22(27-8)15-20(25)6/h11-15,21H,9-10,16H2,1-7H3,(H-,28,29,30,31)/p+1. The predicted octanol–water partition coefficient (Wildman–Crippen LogP) is 6.49. The van der Waals surface area contributed by atoms with Crippen molar-refractivity contribution in [1.82, 2.24) is 0 Å². The minimum absolute atomic E-state index is 0.0205. The highest BCUT2D eigenvalue weighted by atomic mass is 31.2. The van der Waals surface area contributed by atoms with Crippen LogP contribution in [0.25, 0.3) is 4.85 Å². The summed E-state index contributed by atoms with van der Waals surface area (Å²) in [6.07, 6.45) is 2.04. The van der Waals surface area contributed by atoms with Crippen LogP contribution in [0.2, 0.25) is 0 Å². The van der Waals surface area contributed by atoms with Crippen molar-refractivity contribution >= 4 is 36.1 Å². The van der Waals surface area contributed by atoms with E-state index in [2.05, 4.69) is 29.3 Å². The van der Waals surface area contributed by atoms with E-state index in [1.54, 1.807) is 12.1 Å². The summed E-state index contributed by atoms with van der Waals surface area (Å²) in [4.78, 5) is 29.9. The van der Waals surface area contributed by atoms with Gasteiger partial charge >= 0.3 is 0 Å². The van der Waals surface area contributed by atoms with E-state index in [0.29, 0.717) is 11.8 Å². The van der Waals surface area contributed by atoms with Gasteiger partial charge in [0.05, 0.1) is 18.9 Å². The van der Waals surface area contributed by atoms with Crippen LogP contribution in [0.15, 0.2) is 30.3 Å². The fourth-order valence-electron chi connectivity index (χ4n) is 4.29. The summed E-state index contributed by atoms with van der Waals surface area (Å²) < 4.78 is 0. The zero-order valence-corrected chi connectivity index (χ0v) is 21.2. The number of carbonyl (C=O) groups is 2. The molecule has 0 bridgehead atoms. The van der Waals surface area contributed by atoms with Crippen LogP contribution in [0.3, 0.4) is 0 Å². The van der Waals surface area contributed by atoms with Crippen LogP contribution in [0.5, 0.6) is 0 Å². The van der Waals surface area contributed by atoms with E-state index in [0.717, 1.165) is 46.0 Å². The minimum atomic E-state index is -1.88. The number of amides is 2. The maximum Gasteiger partial charge on any atom is 0.264 e. The molecule has 0 heterocycles. The molecular weight excluding hydrogens is 417 g/mol. The number of para-hydroxylation sites is 1. The molecule has 170 valence electrons. The summed E-state index contributed by atoms with van der Waals surface area (Å²) >= 11 is 0. The van der Waals surface area contributed by atoms with Gasteiger partial charge in [0.25, 0.3) is 11.8 Å². The topological polar surface area (TPSA) is 62.6 Å². The number of hydrogen-bond acceptors (Lipinski definition) is 2. The lowest BCUT2D eigenvalue weighted by molar-refractivity contribution is -0.115.